The van der Waals surface area contributed by atoms with Crippen LogP contribution < -0.4 is 21.7 Å². The number of benzene rings is 2. The summed E-state index contributed by atoms with van der Waals surface area (Å²) in [5, 5.41) is 8.18. The van der Waals surface area contributed by atoms with Crippen molar-refractivity contribution in [2.24, 2.45) is 5.14 Å². The van der Waals surface area contributed by atoms with Gasteiger partial charge in [0.25, 0.3) is 5.56 Å². The van der Waals surface area contributed by atoms with Gasteiger partial charge in [0.05, 0.1) is 28.5 Å². The van der Waals surface area contributed by atoms with Crippen LogP contribution >= 0.6 is 0 Å². The van der Waals surface area contributed by atoms with Crippen molar-refractivity contribution in [2.75, 3.05) is 13.7 Å². The number of hydrogen-bond donors (Lipinski definition) is 3. The van der Waals surface area contributed by atoms with Crippen LogP contribution in [-0.4, -0.2) is 43.5 Å². The minimum atomic E-state index is -3.73. The van der Waals surface area contributed by atoms with E-state index in [9.17, 15) is 27.6 Å². The van der Waals surface area contributed by atoms with E-state index in [1.165, 1.54) is 37.4 Å². The number of methoxy groups -OCH3 is 1. The topological polar surface area (TPSA) is 170 Å². The molecule has 0 spiro atoms. The van der Waals surface area contributed by atoms with Crippen molar-refractivity contribution in [3.8, 4) is 0 Å². The van der Waals surface area contributed by atoms with Crippen LogP contribution in [0, 0.1) is 0 Å². The molecule has 0 aliphatic carbocycles. The number of H-pyrrole nitrogens is 1. The summed E-state index contributed by atoms with van der Waals surface area (Å²) in [4.78, 5) is 51.4. The Morgan fingerprint density at radius 2 is 1.78 bits per heavy atom. The minimum absolute atomic E-state index is 0.0379. The molecule has 2 aromatic carbocycles. The molecule has 192 valence electrons. The molecule has 0 fully saturated rings. The number of fused-ring (bicyclic) bond motifs is 1. The van der Waals surface area contributed by atoms with Crippen LogP contribution in [-0.2, 0) is 32.5 Å². The third-order valence-electron chi connectivity index (χ3n) is 5.68. The molecule has 4 N–H and O–H groups in total. The highest BCUT2D eigenvalue weighted by atomic mass is 32.2. The van der Waals surface area contributed by atoms with Crippen molar-refractivity contribution in [3.05, 3.63) is 74.4 Å². The lowest BCUT2D eigenvalue weighted by molar-refractivity contribution is -0.121. The van der Waals surface area contributed by atoms with Gasteiger partial charge in [0, 0.05) is 19.5 Å². The molecule has 0 unspecified atom stereocenters. The van der Waals surface area contributed by atoms with E-state index in [0.717, 1.165) is 10.1 Å². The SMILES string of the molecule is COC(=O)c1ccc2c(=O)n(CCCCCC(=O)NCCc3ccc(S(N)(=O)=O)cc3)c(=O)[nH]c2c1. The number of nitrogens with zero attached hydrogens (tertiary/aromatic N) is 1. The first kappa shape index (κ1) is 26.8. The molecule has 3 rings (SSSR count). The van der Waals surface area contributed by atoms with Gasteiger partial charge in [0.2, 0.25) is 15.9 Å². The summed E-state index contributed by atoms with van der Waals surface area (Å²) >= 11 is 0. The molecule has 0 radical (unpaired) electrons. The summed E-state index contributed by atoms with van der Waals surface area (Å²) in [6, 6.07) is 10.5. The Labute approximate surface area is 207 Å². The molecule has 0 bridgehead atoms. The number of amides is 1. The zero-order chi connectivity index (χ0) is 26.3. The van der Waals surface area contributed by atoms with Crippen LogP contribution in [0.4, 0.5) is 0 Å². The number of nitrogens with one attached hydrogen (secondary N) is 2. The largest absolute Gasteiger partial charge is 0.465 e. The maximum absolute atomic E-state index is 12.7. The summed E-state index contributed by atoms with van der Waals surface area (Å²) < 4.78 is 28.3. The number of aromatic nitrogens is 2. The standard InChI is InChI=1S/C24H28N4O7S/c1-35-23(31)17-8-11-19-20(15-17)27-24(32)28(22(19)30)14-4-2-3-5-21(29)26-13-12-16-6-9-18(10-7-16)36(25,33)34/h6-11,15H,2-5,12-14H2,1H3,(H,26,29)(H,27,32)(H2,25,33,34). The van der Waals surface area contributed by atoms with Crippen molar-refractivity contribution in [1.82, 2.24) is 14.9 Å². The molecule has 1 aromatic heterocycles. The fraction of sp³-hybridized carbons (Fsp3) is 0.333. The zero-order valence-electron chi connectivity index (χ0n) is 19.8. The lowest BCUT2D eigenvalue weighted by Crippen LogP contribution is -2.35. The van der Waals surface area contributed by atoms with Gasteiger partial charge in [-0.2, -0.15) is 0 Å². The van der Waals surface area contributed by atoms with E-state index < -0.39 is 27.2 Å². The van der Waals surface area contributed by atoms with Gasteiger partial charge in [-0.3, -0.25) is 14.2 Å². The Morgan fingerprint density at radius 3 is 2.44 bits per heavy atom. The predicted molar refractivity (Wildman–Crippen MR) is 133 cm³/mol. The number of esters is 1. The van der Waals surface area contributed by atoms with Crippen LogP contribution in [0.2, 0.25) is 0 Å². The van der Waals surface area contributed by atoms with Crippen LogP contribution in [0.3, 0.4) is 0 Å². The van der Waals surface area contributed by atoms with Crippen LogP contribution in [0.5, 0.6) is 0 Å². The summed E-state index contributed by atoms with van der Waals surface area (Å²) in [5.74, 6) is -0.678. The third-order valence-corrected chi connectivity index (χ3v) is 6.61. The van der Waals surface area contributed by atoms with Crippen LogP contribution in [0.15, 0.2) is 56.9 Å². The lowest BCUT2D eigenvalue weighted by atomic mass is 10.1. The van der Waals surface area contributed by atoms with E-state index in [0.29, 0.717) is 44.0 Å². The molecule has 0 aliphatic rings. The number of primary sulfonamides is 1. The molecular weight excluding hydrogens is 488 g/mol. The van der Waals surface area contributed by atoms with Crippen LogP contribution in [0.1, 0.15) is 41.6 Å². The minimum Gasteiger partial charge on any atom is -0.465 e. The van der Waals surface area contributed by atoms with E-state index in [1.54, 1.807) is 12.1 Å². The van der Waals surface area contributed by atoms with E-state index in [1.807, 2.05) is 0 Å². The van der Waals surface area contributed by atoms with Crippen molar-refractivity contribution in [1.29, 1.82) is 0 Å². The summed E-state index contributed by atoms with van der Waals surface area (Å²) in [6.07, 6.45) is 2.64. The number of carbonyl (C=O) groups excluding carboxylic acids is 2. The lowest BCUT2D eigenvalue weighted by Gasteiger charge is -2.08. The number of sulfonamides is 1. The maximum Gasteiger partial charge on any atom is 0.337 e. The molecule has 0 saturated heterocycles. The molecule has 3 aromatic rings. The fourth-order valence-electron chi connectivity index (χ4n) is 3.72. The number of hydrogen-bond acceptors (Lipinski definition) is 7. The normalized spacial score (nSPS) is 11.4. The average molecular weight is 517 g/mol. The Morgan fingerprint density at radius 1 is 1.06 bits per heavy atom. The van der Waals surface area contributed by atoms with Gasteiger partial charge < -0.3 is 15.0 Å². The second-order valence-electron chi connectivity index (χ2n) is 8.24. The second kappa shape index (κ2) is 11.8. The quantitative estimate of drug-likeness (QED) is 0.252. The van der Waals surface area contributed by atoms with E-state index in [4.69, 9.17) is 5.14 Å². The van der Waals surface area contributed by atoms with Gasteiger partial charge >= 0.3 is 11.7 Å². The summed E-state index contributed by atoms with van der Waals surface area (Å²) in [7, 11) is -2.48. The van der Waals surface area contributed by atoms with Gasteiger partial charge in [-0.25, -0.2) is 23.1 Å². The molecule has 11 nitrogen and oxygen atoms in total. The fourth-order valence-corrected chi connectivity index (χ4v) is 4.23. The Bertz CT molecular complexity index is 1480. The monoisotopic (exact) mass is 516 g/mol. The molecule has 0 aliphatic heterocycles. The summed E-state index contributed by atoms with van der Waals surface area (Å²) in [5.41, 5.74) is 0.358. The Kier molecular flexibility index (Phi) is 8.78. The number of ether oxygens (including phenoxy) is 1. The van der Waals surface area contributed by atoms with Gasteiger partial charge in [0.1, 0.15) is 0 Å². The summed E-state index contributed by atoms with van der Waals surface area (Å²) in [6.45, 7) is 0.617. The third kappa shape index (κ3) is 6.89. The first-order chi connectivity index (χ1) is 17.1. The first-order valence-electron chi connectivity index (χ1n) is 11.3. The number of nitrogens with two attached hydrogens (primary N) is 1. The first-order valence-corrected chi connectivity index (χ1v) is 12.9. The zero-order valence-corrected chi connectivity index (χ0v) is 20.6. The second-order valence-corrected chi connectivity index (χ2v) is 9.80. The van der Waals surface area contributed by atoms with Crippen LogP contribution in [0.25, 0.3) is 10.9 Å². The smallest absolute Gasteiger partial charge is 0.337 e. The van der Waals surface area contributed by atoms with Crippen molar-refractivity contribution in [3.63, 3.8) is 0 Å². The number of rotatable bonds is 11. The van der Waals surface area contributed by atoms with Gasteiger partial charge in [-0.1, -0.05) is 18.6 Å². The Balaban J connectivity index is 1.43. The van der Waals surface area contributed by atoms with Gasteiger partial charge in [0.15, 0.2) is 0 Å². The molecule has 0 saturated carbocycles. The molecule has 1 heterocycles. The number of carbonyl (C=O) groups is 2. The van der Waals surface area contributed by atoms with E-state index in [2.05, 4.69) is 15.0 Å². The predicted octanol–water partition coefficient (Wildman–Crippen LogP) is 1.04. The highest BCUT2D eigenvalue weighted by molar-refractivity contribution is 7.89. The Hall–Kier alpha value is -3.77. The highest BCUT2D eigenvalue weighted by Gasteiger charge is 2.12. The van der Waals surface area contributed by atoms with E-state index >= 15 is 0 Å². The molecule has 1 amide bonds. The van der Waals surface area contributed by atoms with Crippen molar-refractivity contribution in [2.45, 2.75) is 43.5 Å². The van der Waals surface area contributed by atoms with Gasteiger partial charge in [-0.05, 0) is 55.2 Å². The number of unbranched alkanes of at least 4 members (excludes halogenated alkanes) is 2. The highest BCUT2D eigenvalue weighted by Crippen LogP contribution is 2.11. The van der Waals surface area contributed by atoms with Crippen molar-refractivity contribution >= 4 is 32.8 Å². The van der Waals surface area contributed by atoms with Gasteiger partial charge in [-0.15, -0.1) is 0 Å². The maximum atomic E-state index is 12.7. The number of aromatic amines is 1. The molecular formula is C24H28N4O7S. The van der Waals surface area contributed by atoms with Crippen molar-refractivity contribution < 1.29 is 22.7 Å². The molecule has 0 atom stereocenters. The molecule has 12 heteroatoms. The van der Waals surface area contributed by atoms with E-state index in [-0.39, 0.29) is 28.4 Å². The molecule has 36 heavy (non-hydrogen) atoms. The average Bonchev–Trinajstić information content (AvgIpc) is 2.84.